The highest BCUT2D eigenvalue weighted by Gasteiger charge is 2.21. The minimum absolute atomic E-state index is 0.0945. The molecule has 0 fully saturated rings. The second-order valence-electron chi connectivity index (χ2n) is 7.08. The normalized spacial score (nSPS) is 12.5. The number of carbonyl (C=O) groups is 2. The fourth-order valence-electron chi connectivity index (χ4n) is 2.22. The number of aryl methyl sites for hydroxylation is 2. The Balaban J connectivity index is 2.40. The molecule has 0 spiro atoms. The highest BCUT2D eigenvalue weighted by atomic mass is 16.5. The van der Waals surface area contributed by atoms with Crippen LogP contribution >= 0.6 is 0 Å². The van der Waals surface area contributed by atoms with Crippen LogP contribution in [-0.4, -0.2) is 41.8 Å². The maximum atomic E-state index is 12.0. The van der Waals surface area contributed by atoms with Crippen LogP contribution in [0.1, 0.15) is 44.7 Å². The van der Waals surface area contributed by atoms with Crippen LogP contribution in [0.3, 0.4) is 0 Å². The molecule has 1 unspecified atom stereocenters. The molecule has 1 rings (SSSR count). The van der Waals surface area contributed by atoms with Gasteiger partial charge in [0.05, 0.1) is 18.6 Å². The van der Waals surface area contributed by atoms with E-state index in [-0.39, 0.29) is 37.6 Å². The molecule has 1 aromatic carbocycles. The van der Waals surface area contributed by atoms with Gasteiger partial charge in [0.15, 0.2) is 0 Å². The number of aliphatic carboxylic acids is 1. The third-order valence-corrected chi connectivity index (χ3v) is 3.49. The van der Waals surface area contributed by atoms with Gasteiger partial charge in [-0.15, -0.1) is 0 Å². The zero-order valence-corrected chi connectivity index (χ0v) is 15.7. The van der Waals surface area contributed by atoms with Gasteiger partial charge in [0.2, 0.25) is 5.91 Å². The summed E-state index contributed by atoms with van der Waals surface area (Å²) in [6, 6.07) is 4.85. The molecular weight excluding hydrogens is 322 g/mol. The third kappa shape index (κ3) is 8.54. The van der Waals surface area contributed by atoms with Crippen molar-refractivity contribution >= 4 is 11.9 Å². The average Bonchev–Trinajstić information content (AvgIpc) is 2.47. The number of ether oxygens (including phenoxy) is 2. The van der Waals surface area contributed by atoms with Crippen molar-refractivity contribution < 1.29 is 24.2 Å². The fraction of sp³-hybridized carbons (Fsp3) is 0.579. The topological polar surface area (TPSA) is 84.9 Å². The standard InChI is InChI=1S/C19H29NO5/c1-13-6-7-16(14(2)12-13)24-10-9-17(21)20-15(18(22)23)8-11-25-19(3,4)5/h6-7,12,15H,8-11H2,1-5H3,(H,20,21)(H,22,23). The Morgan fingerprint density at radius 3 is 2.44 bits per heavy atom. The van der Waals surface area contributed by atoms with Crippen LogP contribution in [0.15, 0.2) is 18.2 Å². The van der Waals surface area contributed by atoms with Crippen molar-refractivity contribution in [1.82, 2.24) is 5.32 Å². The van der Waals surface area contributed by atoms with E-state index in [1.165, 1.54) is 0 Å². The van der Waals surface area contributed by atoms with Crippen LogP contribution in [0, 0.1) is 13.8 Å². The maximum absolute atomic E-state index is 12.0. The van der Waals surface area contributed by atoms with Crippen molar-refractivity contribution in [3.63, 3.8) is 0 Å². The summed E-state index contributed by atoms with van der Waals surface area (Å²) in [4.78, 5) is 23.2. The van der Waals surface area contributed by atoms with Gasteiger partial charge in [0, 0.05) is 13.0 Å². The lowest BCUT2D eigenvalue weighted by atomic mass is 10.1. The van der Waals surface area contributed by atoms with Crippen molar-refractivity contribution in [3.05, 3.63) is 29.3 Å². The Hall–Kier alpha value is -2.08. The summed E-state index contributed by atoms with van der Waals surface area (Å²) in [5, 5.41) is 11.7. The van der Waals surface area contributed by atoms with Gasteiger partial charge < -0.3 is 19.9 Å². The molecule has 6 nitrogen and oxygen atoms in total. The van der Waals surface area contributed by atoms with E-state index in [1.807, 2.05) is 52.8 Å². The van der Waals surface area contributed by atoms with E-state index in [2.05, 4.69) is 5.32 Å². The second-order valence-corrected chi connectivity index (χ2v) is 7.08. The molecule has 1 atom stereocenters. The van der Waals surface area contributed by atoms with Crippen molar-refractivity contribution in [3.8, 4) is 5.75 Å². The van der Waals surface area contributed by atoms with Crippen molar-refractivity contribution in [1.29, 1.82) is 0 Å². The van der Waals surface area contributed by atoms with Gasteiger partial charge in [-0.05, 0) is 46.2 Å². The van der Waals surface area contributed by atoms with Crippen LogP contribution in [-0.2, 0) is 14.3 Å². The first-order valence-electron chi connectivity index (χ1n) is 8.44. The molecule has 0 aliphatic rings. The van der Waals surface area contributed by atoms with E-state index < -0.39 is 12.0 Å². The summed E-state index contributed by atoms with van der Waals surface area (Å²) in [7, 11) is 0. The van der Waals surface area contributed by atoms with Crippen LogP contribution in [0.5, 0.6) is 5.75 Å². The number of benzene rings is 1. The number of carbonyl (C=O) groups excluding carboxylic acids is 1. The number of carboxylic acid groups (broad SMARTS) is 1. The van der Waals surface area contributed by atoms with Crippen LogP contribution in [0.25, 0.3) is 0 Å². The Bertz CT molecular complexity index is 592. The molecule has 1 amide bonds. The first kappa shape index (κ1) is 21.0. The van der Waals surface area contributed by atoms with E-state index in [0.29, 0.717) is 0 Å². The number of carboxylic acids is 1. The molecule has 6 heteroatoms. The molecule has 0 radical (unpaired) electrons. The molecule has 0 heterocycles. The summed E-state index contributed by atoms with van der Waals surface area (Å²) >= 11 is 0. The average molecular weight is 351 g/mol. The van der Waals surface area contributed by atoms with Gasteiger partial charge in [-0.2, -0.15) is 0 Å². The molecule has 0 aromatic heterocycles. The van der Waals surface area contributed by atoms with Gasteiger partial charge in [-0.1, -0.05) is 17.7 Å². The van der Waals surface area contributed by atoms with Crippen molar-refractivity contribution in [2.24, 2.45) is 0 Å². The zero-order valence-electron chi connectivity index (χ0n) is 15.7. The van der Waals surface area contributed by atoms with Crippen LogP contribution in [0.4, 0.5) is 0 Å². The maximum Gasteiger partial charge on any atom is 0.326 e. The summed E-state index contributed by atoms with van der Waals surface area (Å²) in [5.41, 5.74) is 1.81. The fourth-order valence-corrected chi connectivity index (χ4v) is 2.22. The number of amides is 1. The molecular formula is C19H29NO5. The SMILES string of the molecule is Cc1ccc(OCCC(=O)NC(CCOC(C)(C)C)C(=O)O)c(C)c1. The molecule has 0 aliphatic heterocycles. The number of rotatable bonds is 9. The first-order valence-corrected chi connectivity index (χ1v) is 8.44. The molecule has 0 saturated carbocycles. The van der Waals surface area contributed by atoms with E-state index >= 15 is 0 Å². The van der Waals surface area contributed by atoms with Crippen molar-refractivity contribution in [2.75, 3.05) is 13.2 Å². The van der Waals surface area contributed by atoms with Gasteiger partial charge in [0.25, 0.3) is 0 Å². The van der Waals surface area contributed by atoms with Gasteiger partial charge in [-0.25, -0.2) is 4.79 Å². The van der Waals surface area contributed by atoms with Crippen LogP contribution < -0.4 is 10.1 Å². The van der Waals surface area contributed by atoms with Crippen molar-refractivity contribution in [2.45, 2.75) is 59.1 Å². The lowest BCUT2D eigenvalue weighted by Gasteiger charge is -2.21. The monoisotopic (exact) mass is 351 g/mol. The lowest BCUT2D eigenvalue weighted by Crippen LogP contribution is -2.42. The molecule has 140 valence electrons. The minimum atomic E-state index is -1.07. The second kappa shape index (κ2) is 9.42. The molecule has 0 aliphatic carbocycles. The number of hydrogen-bond donors (Lipinski definition) is 2. The van der Waals surface area contributed by atoms with E-state index in [1.54, 1.807) is 0 Å². The summed E-state index contributed by atoms with van der Waals surface area (Å²) in [6.45, 7) is 10.1. The Morgan fingerprint density at radius 2 is 1.88 bits per heavy atom. The predicted molar refractivity (Wildman–Crippen MR) is 95.9 cm³/mol. The Labute approximate surface area is 149 Å². The van der Waals surface area contributed by atoms with Gasteiger partial charge in [0.1, 0.15) is 11.8 Å². The highest BCUT2D eigenvalue weighted by molar-refractivity contribution is 5.83. The molecule has 25 heavy (non-hydrogen) atoms. The largest absolute Gasteiger partial charge is 0.493 e. The lowest BCUT2D eigenvalue weighted by molar-refractivity contribution is -0.142. The third-order valence-electron chi connectivity index (χ3n) is 3.49. The first-order chi connectivity index (χ1) is 11.6. The highest BCUT2D eigenvalue weighted by Crippen LogP contribution is 2.18. The number of hydrogen-bond acceptors (Lipinski definition) is 4. The van der Waals surface area contributed by atoms with E-state index in [9.17, 15) is 14.7 Å². The minimum Gasteiger partial charge on any atom is -0.493 e. The summed E-state index contributed by atoms with van der Waals surface area (Å²) < 4.78 is 11.1. The van der Waals surface area contributed by atoms with E-state index in [4.69, 9.17) is 9.47 Å². The molecule has 0 bridgehead atoms. The molecule has 1 aromatic rings. The zero-order chi connectivity index (χ0) is 19.0. The predicted octanol–water partition coefficient (Wildman–Crippen LogP) is 2.85. The van der Waals surface area contributed by atoms with Gasteiger partial charge >= 0.3 is 5.97 Å². The molecule has 0 saturated heterocycles. The Kier molecular flexibility index (Phi) is 7.90. The van der Waals surface area contributed by atoms with E-state index in [0.717, 1.165) is 16.9 Å². The summed E-state index contributed by atoms with van der Waals surface area (Å²) in [6.07, 6.45) is 0.313. The molecule has 2 N–H and O–H groups in total. The van der Waals surface area contributed by atoms with Gasteiger partial charge in [-0.3, -0.25) is 4.79 Å². The number of nitrogens with one attached hydrogen (secondary N) is 1. The quantitative estimate of drug-likeness (QED) is 0.715. The Morgan fingerprint density at radius 1 is 1.20 bits per heavy atom. The smallest absolute Gasteiger partial charge is 0.326 e. The van der Waals surface area contributed by atoms with Crippen LogP contribution in [0.2, 0.25) is 0 Å². The summed E-state index contributed by atoms with van der Waals surface area (Å²) in [5.74, 6) is -0.694.